The number of hydrogen-bond acceptors (Lipinski definition) is 3. The summed E-state index contributed by atoms with van der Waals surface area (Å²) >= 11 is 3.46. The molecule has 0 atom stereocenters. The van der Waals surface area contributed by atoms with E-state index in [-0.39, 0.29) is 11.7 Å². The molecule has 0 aliphatic heterocycles. The van der Waals surface area contributed by atoms with Crippen molar-refractivity contribution < 1.29 is 9.21 Å². The van der Waals surface area contributed by atoms with Crippen LogP contribution < -0.4 is 5.32 Å². The standard InChI is InChI=1S/C20H15BrN2O2/c1-11-4-6-16(15(21)7-11)22-19(24)18-10-14-9-13-5-3-12(2)8-17(13)23-20(14)25-18/h3-10H,1-2H3,(H,22,24). The van der Waals surface area contributed by atoms with Gasteiger partial charge in [0.25, 0.3) is 5.91 Å². The predicted molar refractivity (Wildman–Crippen MR) is 103 cm³/mol. The van der Waals surface area contributed by atoms with E-state index in [0.717, 1.165) is 31.9 Å². The molecule has 0 fully saturated rings. The molecule has 5 heteroatoms. The minimum absolute atomic E-state index is 0.238. The minimum Gasteiger partial charge on any atom is -0.433 e. The average Bonchev–Trinajstić information content (AvgIpc) is 2.98. The van der Waals surface area contributed by atoms with Gasteiger partial charge in [-0.15, -0.1) is 0 Å². The van der Waals surface area contributed by atoms with Crippen molar-refractivity contribution in [3.8, 4) is 0 Å². The van der Waals surface area contributed by atoms with Gasteiger partial charge in [-0.3, -0.25) is 4.79 Å². The van der Waals surface area contributed by atoms with E-state index in [2.05, 4.69) is 26.2 Å². The molecular weight excluding hydrogens is 380 g/mol. The fraction of sp³-hybridized carbons (Fsp3) is 0.100. The van der Waals surface area contributed by atoms with Crippen LogP contribution in [0.3, 0.4) is 0 Å². The van der Waals surface area contributed by atoms with Gasteiger partial charge in [-0.25, -0.2) is 4.98 Å². The molecule has 0 aliphatic carbocycles. The molecule has 0 saturated carbocycles. The molecule has 2 aromatic heterocycles. The highest BCUT2D eigenvalue weighted by molar-refractivity contribution is 9.10. The quantitative estimate of drug-likeness (QED) is 0.480. The van der Waals surface area contributed by atoms with E-state index in [1.165, 1.54) is 0 Å². The number of carbonyl (C=O) groups excluding carboxylic acids is 1. The second-order valence-electron chi connectivity index (χ2n) is 6.13. The van der Waals surface area contributed by atoms with Gasteiger partial charge in [0.2, 0.25) is 5.71 Å². The van der Waals surface area contributed by atoms with Crippen LogP contribution in [0.15, 0.2) is 57.4 Å². The number of carbonyl (C=O) groups is 1. The first kappa shape index (κ1) is 15.8. The number of benzene rings is 2. The molecule has 25 heavy (non-hydrogen) atoms. The summed E-state index contributed by atoms with van der Waals surface area (Å²) in [7, 11) is 0. The van der Waals surface area contributed by atoms with Crippen LogP contribution in [-0.2, 0) is 0 Å². The molecular formula is C20H15BrN2O2. The van der Waals surface area contributed by atoms with Crippen LogP contribution in [0.4, 0.5) is 5.69 Å². The summed E-state index contributed by atoms with van der Waals surface area (Å²) in [5.74, 6) is -0.0650. The lowest BCUT2D eigenvalue weighted by molar-refractivity contribution is 0.0998. The fourth-order valence-corrected chi connectivity index (χ4v) is 3.35. The summed E-state index contributed by atoms with van der Waals surface area (Å²) < 4.78 is 6.51. The molecule has 4 aromatic rings. The van der Waals surface area contributed by atoms with Gasteiger partial charge in [-0.2, -0.15) is 0 Å². The number of halogens is 1. The first-order valence-corrected chi connectivity index (χ1v) is 8.67. The van der Waals surface area contributed by atoms with Gasteiger partial charge >= 0.3 is 0 Å². The van der Waals surface area contributed by atoms with Crippen LogP contribution in [0.2, 0.25) is 0 Å². The lowest BCUT2D eigenvalue weighted by atomic mass is 10.1. The third kappa shape index (κ3) is 3.03. The molecule has 0 aliphatic rings. The third-order valence-corrected chi connectivity index (χ3v) is 4.71. The van der Waals surface area contributed by atoms with Crippen molar-refractivity contribution in [1.29, 1.82) is 0 Å². The number of anilines is 1. The molecule has 2 aromatic carbocycles. The van der Waals surface area contributed by atoms with Gasteiger partial charge in [0, 0.05) is 15.2 Å². The molecule has 0 radical (unpaired) electrons. The zero-order chi connectivity index (χ0) is 17.6. The van der Waals surface area contributed by atoms with Gasteiger partial charge in [0.15, 0.2) is 5.76 Å². The van der Waals surface area contributed by atoms with Crippen molar-refractivity contribution in [2.24, 2.45) is 0 Å². The van der Waals surface area contributed by atoms with E-state index >= 15 is 0 Å². The van der Waals surface area contributed by atoms with Crippen LogP contribution in [0.25, 0.3) is 22.0 Å². The number of nitrogens with one attached hydrogen (secondary N) is 1. The van der Waals surface area contributed by atoms with Crippen LogP contribution in [0.1, 0.15) is 21.7 Å². The lowest BCUT2D eigenvalue weighted by Gasteiger charge is -2.06. The summed E-state index contributed by atoms with van der Waals surface area (Å²) in [5, 5.41) is 4.69. The summed E-state index contributed by atoms with van der Waals surface area (Å²) in [6.45, 7) is 4.01. The Hall–Kier alpha value is -2.66. The van der Waals surface area contributed by atoms with E-state index < -0.39 is 0 Å². The van der Waals surface area contributed by atoms with Crippen molar-refractivity contribution in [1.82, 2.24) is 4.98 Å². The van der Waals surface area contributed by atoms with Crippen molar-refractivity contribution in [2.75, 3.05) is 5.32 Å². The van der Waals surface area contributed by atoms with Crippen LogP contribution in [-0.4, -0.2) is 10.9 Å². The van der Waals surface area contributed by atoms with Crippen LogP contribution >= 0.6 is 15.9 Å². The number of fused-ring (bicyclic) bond motifs is 2. The van der Waals surface area contributed by atoms with Gasteiger partial charge in [-0.05, 0) is 71.2 Å². The highest BCUT2D eigenvalue weighted by Crippen LogP contribution is 2.26. The Morgan fingerprint density at radius 3 is 2.56 bits per heavy atom. The molecule has 4 nitrogen and oxygen atoms in total. The van der Waals surface area contributed by atoms with Gasteiger partial charge in [-0.1, -0.05) is 18.2 Å². The molecule has 2 heterocycles. The van der Waals surface area contributed by atoms with Crippen molar-refractivity contribution in [3.05, 3.63) is 69.9 Å². The second-order valence-corrected chi connectivity index (χ2v) is 6.98. The highest BCUT2D eigenvalue weighted by atomic mass is 79.9. The summed E-state index contributed by atoms with van der Waals surface area (Å²) in [6, 6.07) is 15.5. The summed E-state index contributed by atoms with van der Waals surface area (Å²) in [6.07, 6.45) is 0. The third-order valence-electron chi connectivity index (χ3n) is 4.06. The SMILES string of the molecule is Cc1ccc(NC(=O)c2cc3cc4ccc(C)cc4nc3o2)c(Br)c1. The first-order chi connectivity index (χ1) is 12.0. The summed E-state index contributed by atoms with van der Waals surface area (Å²) in [4.78, 5) is 17.0. The van der Waals surface area contributed by atoms with Gasteiger partial charge < -0.3 is 9.73 Å². The maximum atomic E-state index is 12.5. The van der Waals surface area contributed by atoms with E-state index in [0.29, 0.717) is 11.4 Å². The molecule has 0 saturated heterocycles. The zero-order valence-corrected chi connectivity index (χ0v) is 15.3. The molecule has 4 rings (SSSR count). The maximum absolute atomic E-state index is 12.5. The van der Waals surface area contributed by atoms with Crippen molar-refractivity contribution in [2.45, 2.75) is 13.8 Å². The molecule has 1 N–H and O–H groups in total. The largest absolute Gasteiger partial charge is 0.433 e. The van der Waals surface area contributed by atoms with Gasteiger partial charge in [0.1, 0.15) is 0 Å². The van der Waals surface area contributed by atoms with E-state index in [1.807, 2.05) is 56.3 Å². The molecule has 124 valence electrons. The highest BCUT2D eigenvalue weighted by Gasteiger charge is 2.15. The molecule has 0 unspecified atom stereocenters. The Bertz CT molecular complexity index is 1130. The summed E-state index contributed by atoms with van der Waals surface area (Å²) in [5.41, 5.74) is 4.26. The number of hydrogen-bond donors (Lipinski definition) is 1. The Morgan fingerprint density at radius 1 is 1.00 bits per heavy atom. The van der Waals surface area contributed by atoms with Crippen LogP contribution in [0.5, 0.6) is 0 Å². The average molecular weight is 395 g/mol. The van der Waals surface area contributed by atoms with E-state index in [1.54, 1.807) is 6.07 Å². The van der Waals surface area contributed by atoms with E-state index in [9.17, 15) is 4.79 Å². The topological polar surface area (TPSA) is 55.1 Å². The Morgan fingerprint density at radius 2 is 1.76 bits per heavy atom. The number of furan rings is 1. The number of rotatable bonds is 2. The predicted octanol–water partition coefficient (Wildman–Crippen LogP) is 5.61. The smallest absolute Gasteiger partial charge is 0.291 e. The molecule has 0 spiro atoms. The lowest BCUT2D eigenvalue weighted by Crippen LogP contribution is -2.11. The second kappa shape index (κ2) is 6.01. The minimum atomic E-state index is -0.303. The number of aromatic nitrogens is 1. The monoisotopic (exact) mass is 394 g/mol. The van der Waals surface area contributed by atoms with E-state index in [4.69, 9.17) is 4.42 Å². The Balaban J connectivity index is 1.70. The fourth-order valence-electron chi connectivity index (χ4n) is 2.75. The molecule has 1 amide bonds. The molecule has 0 bridgehead atoms. The number of nitrogens with zero attached hydrogens (tertiary/aromatic N) is 1. The Labute approximate surface area is 153 Å². The van der Waals surface area contributed by atoms with Crippen LogP contribution in [0, 0.1) is 13.8 Å². The number of amides is 1. The maximum Gasteiger partial charge on any atom is 0.291 e. The normalized spacial score (nSPS) is 11.2. The van der Waals surface area contributed by atoms with Gasteiger partial charge in [0.05, 0.1) is 11.2 Å². The van der Waals surface area contributed by atoms with Crippen molar-refractivity contribution in [3.63, 3.8) is 0 Å². The number of pyridine rings is 1. The first-order valence-electron chi connectivity index (χ1n) is 7.88. The Kier molecular flexibility index (Phi) is 3.81. The number of aryl methyl sites for hydroxylation is 2. The zero-order valence-electron chi connectivity index (χ0n) is 13.8. The van der Waals surface area contributed by atoms with Crippen molar-refractivity contribution >= 4 is 49.5 Å².